The quantitative estimate of drug-likeness (QED) is 0.910. The molecule has 2 heterocycles. The van der Waals surface area contributed by atoms with Crippen LogP contribution in [0.2, 0.25) is 0 Å². The highest BCUT2D eigenvalue weighted by Gasteiger charge is 2.24. The van der Waals surface area contributed by atoms with Gasteiger partial charge in [0.1, 0.15) is 0 Å². The van der Waals surface area contributed by atoms with Crippen LogP contribution in [0.3, 0.4) is 0 Å². The van der Waals surface area contributed by atoms with Gasteiger partial charge in [-0.25, -0.2) is 4.79 Å². The maximum Gasteiger partial charge on any atom is 0.317 e. The number of likely N-dealkylation sites (N-methyl/N-ethyl adjacent to an activating group) is 1. The molecule has 0 spiro atoms. The molecule has 6 nitrogen and oxygen atoms in total. The minimum Gasteiger partial charge on any atom is -0.493 e. The number of ether oxygens (including phenoxy) is 2. The van der Waals surface area contributed by atoms with Crippen LogP contribution in [0, 0.1) is 5.92 Å². The highest BCUT2D eigenvalue weighted by Crippen LogP contribution is 2.35. The van der Waals surface area contributed by atoms with Gasteiger partial charge in [-0.05, 0) is 25.1 Å². The zero-order chi connectivity index (χ0) is 16.2. The highest BCUT2D eigenvalue weighted by atomic mass is 16.5. The van der Waals surface area contributed by atoms with Crippen molar-refractivity contribution in [3.63, 3.8) is 0 Å². The van der Waals surface area contributed by atoms with E-state index < -0.39 is 0 Å². The van der Waals surface area contributed by atoms with E-state index in [2.05, 4.69) is 23.3 Å². The minimum atomic E-state index is 0.0366. The maximum absolute atomic E-state index is 12.2. The van der Waals surface area contributed by atoms with Gasteiger partial charge >= 0.3 is 6.03 Å². The smallest absolute Gasteiger partial charge is 0.317 e. The third-order valence-corrected chi connectivity index (χ3v) is 4.58. The normalized spacial score (nSPS) is 21.3. The fourth-order valence-electron chi connectivity index (χ4n) is 3.10. The molecule has 1 atom stereocenters. The molecular weight excluding hydrogens is 294 g/mol. The van der Waals surface area contributed by atoms with Crippen molar-refractivity contribution in [2.75, 3.05) is 53.5 Å². The molecule has 0 aliphatic carbocycles. The molecule has 1 N–H and O–H groups in total. The lowest BCUT2D eigenvalue weighted by atomic mass is 9.96. The number of piperazine rings is 1. The summed E-state index contributed by atoms with van der Waals surface area (Å²) in [5, 5.41) is 3.05. The molecule has 6 heteroatoms. The van der Waals surface area contributed by atoms with Gasteiger partial charge in [0.2, 0.25) is 0 Å². The topological polar surface area (TPSA) is 54.0 Å². The summed E-state index contributed by atoms with van der Waals surface area (Å²) in [6.45, 7) is 4.71. The van der Waals surface area contributed by atoms with E-state index in [1.807, 2.05) is 17.0 Å². The van der Waals surface area contributed by atoms with Crippen LogP contribution in [-0.2, 0) is 6.42 Å². The monoisotopic (exact) mass is 319 g/mol. The number of benzene rings is 1. The SMILES string of the molecule is COc1cccc2c1OCC(CNC(=O)N1CCN(C)CC1)C2. The molecular formula is C17H25N3O3. The molecule has 1 fully saturated rings. The maximum atomic E-state index is 12.2. The van der Waals surface area contributed by atoms with E-state index in [9.17, 15) is 4.79 Å². The summed E-state index contributed by atoms with van der Waals surface area (Å²) in [6.07, 6.45) is 0.898. The van der Waals surface area contributed by atoms with Crippen LogP contribution < -0.4 is 14.8 Å². The second-order valence-electron chi connectivity index (χ2n) is 6.31. The zero-order valence-electron chi connectivity index (χ0n) is 13.9. The molecule has 1 aromatic carbocycles. The van der Waals surface area contributed by atoms with Gasteiger partial charge in [-0.1, -0.05) is 12.1 Å². The fourth-order valence-corrected chi connectivity index (χ4v) is 3.10. The van der Waals surface area contributed by atoms with Crippen LogP contribution in [0.5, 0.6) is 11.5 Å². The number of fused-ring (bicyclic) bond motifs is 1. The Morgan fingerprint density at radius 1 is 1.35 bits per heavy atom. The first-order valence-electron chi connectivity index (χ1n) is 8.17. The summed E-state index contributed by atoms with van der Waals surface area (Å²) in [6, 6.07) is 5.99. The van der Waals surface area contributed by atoms with Gasteiger partial charge in [0, 0.05) is 38.6 Å². The predicted molar refractivity (Wildman–Crippen MR) is 88.2 cm³/mol. The molecule has 2 aliphatic heterocycles. The molecule has 2 amide bonds. The van der Waals surface area contributed by atoms with Crippen molar-refractivity contribution >= 4 is 6.03 Å². The Morgan fingerprint density at radius 2 is 2.13 bits per heavy atom. The molecule has 3 rings (SSSR count). The van der Waals surface area contributed by atoms with Crippen molar-refractivity contribution in [1.82, 2.24) is 15.1 Å². The second-order valence-corrected chi connectivity index (χ2v) is 6.31. The lowest BCUT2D eigenvalue weighted by Crippen LogP contribution is -2.51. The van der Waals surface area contributed by atoms with E-state index in [1.165, 1.54) is 0 Å². The van der Waals surface area contributed by atoms with Crippen LogP contribution in [0.1, 0.15) is 5.56 Å². The second kappa shape index (κ2) is 7.08. The van der Waals surface area contributed by atoms with Crippen LogP contribution in [0.15, 0.2) is 18.2 Å². The summed E-state index contributed by atoms with van der Waals surface area (Å²) < 4.78 is 11.2. The van der Waals surface area contributed by atoms with Gasteiger partial charge in [0.15, 0.2) is 11.5 Å². The van der Waals surface area contributed by atoms with E-state index in [4.69, 9.17) is 9.47 Å². The number of nitrogens with zero attached hydrogens (tertiary/aromatic N) is 2. The zero-order valence-corrected chi connectivity index (χ0v) is 13.9. The number of urea groups is 1. The van der Waals surface area contributed by atoms with Gasteiger partial charge in [-0.2, -0.15) is 0 Å². The lowest BCUT2D eigenvalue weighted by molar-refractivity contribution is 0.150. The van der Waals surface area contributed by atoms with Crippen molar-refractivity contribution in [2.24, 2.45) is 5.92 Å². The van der Waals surface area contributed by atoms with Crippen LogP contribution in [-0.4, -0.2) is 69.3 Å². The predicted octanol–water partition coefficient (Wildman–Crippen LogP) is 1.20. The highest BCUT2D eigenvalue weighted by molar-refractivity contribution is 5.74. The first-order chi connectivity index (χ1) is 11.2. The number of hydrogen-bond donors (Lipinski definition) is 1. The first kappa shape index (κ1) is 15.9. The summed E-state index contributed by atoms with van der Waals surface area (Å²) in [5.41, 5.74) is 1.15. The van der Waals surface area contributed by atoms with E-state index in [1.54, 1.807) is 7.11 Å². The molecule has 1 aromatic rings. The van der Waals surface area contributed by atoms with Crippen LogP contribution >= 0.6 is 0 Å². The number of hydrogen-bond acceptors (Lipinski definition) is 4. The molecule has 1 saturated heterocycles. The molecule has 0 radical (unpaired) electrons. The van der Waals surface area contributed by atoms with Gasteiger partial charge in [0.25, 0.3) is 0 Å². The third kappa shape index (κ3) is 3.69. The van der Waals surface area contributed by atoms with Crippen molar-refractivity contribution in [3.05, 3.63) is 23.8 Å². The van der Waals surface area contributed by atoms with Gasteiger partial charge in [-0.15, -0.1) is 0 Å². The van der Waals surface area contributed by atoms with Gasteiger partial charge in [-0.3, -0.25) is 0 Å². The Morgan fingerprint density at radius 3 is 2.87 bits per heavy atom. The number of carbonyl (C=O) groups excluding carboxylic acids is 1. The summed E-state index contributed by atoms with van der Waals surface area (Å²) in [7, 11) is 3.74. The summed E-state index contributed by atoms with van der Waals surface area (Å²) in [4.78, 5) is 16.4. The van der Waals surface area contributed by atoms with Gasteiger partial charge < -0.3 is 24.6 Å². The summed E-state index contributed by atoms with van der Waals surface area (Å²) in [5.74, 6) is 1.92. The molecule has 23 heavy (non-hydrogen) atoms. The lowest BCUT2D eigenvalue weighted by Gasteiger charge is -2.33. The average molecular weight is 319 g/mol. The van der Waals surface area contributed by atoms with Gasteiger partial charge in [0.05, 0.1) is 13.7 Å². The standard InChI is InChI=1S/C17H25N3O3/c1-19-6-8-20(9-7-19)17(21)18-11-13-10-14-4-3-5-15(22-2)16(14)23-12-13/h3-5,13H,6-12H2,1-2H3,(H,18,21). The van der Waals surface area contributed by atoms with Crippen molar-refractivity contribution in [2.45, 2.75) is 6.42 Å². The van der Waals surface area contributed by atoms with Crippen LogP contribution in [0.4, 0.5) is 4.79 Å². The Balaban J connectivity index is 1.51. The molecule has 2 aliphatic rings. The fraction of sp³-hybridized carbons (Fsp3) is 0.588. The Hall–Kier alpha value is -1.95. The van der Waals surface area contributed by atoms with Crippen molar-refractivity contribution in [1.29, 1.82) is 0 Å². The largest absolute Gasteiger partial charge is 0.493 e. The Bertz CT molecular complexity index is 556. The van der Waals surface area contributed by atoms with E-state index >= 15 is 0 Å². The first-order valence-corrected chi connectivity index (χ1v) is 8.17. The summed E-state index contributed by atoms with van der Waals surface area (Å²) >= 11 is 0. The third-order valence-electron chi connectivity index (χ3n) is 4.58. The van der Waals surface area contributed by atoms with Crippen molar-refractivity contribution in [3.8, 4) is 11.5 Å². The molecule has 0 aromatic heterocycles. The van der Waals surface area contributed by atoms with E-state index in [0.29, 0.717) is 19.1 Å². The number of nitrogens with one attached hydrogen (secondary N) is 1. The Kier molecular flexibility index (Phi) is 4.91. The van der Waals surface area contributed by atoms with Crippen LogP contribution in [0.25, 0.3) is 0 Å². The van der Waals surface area contributed by atoms with E-state index in [-0.39, 0.29) is 6.03 Å². The molecule has 0 saturated carbocycles. The number of para-hydroxylation sites is 1. The minimum absolute atomic E-state index is 0.0366. The van der Waals surface area contributed by atoms with E-state index in [0.717, 1.165) is 49.7 Å². The number of methoxy groups -OCH3 is 1. The number of rotatable bonds is 3. The number of carbonyl (C=O) groups is 1. The average Bonchev–Trinajstić information content (AvgIpc) is 2.59. The molecule has 126 valence electrons. The number of amides is 2. The van der Waals surface area contributed by atoms with Crippen molar-refractivity contribution < 1.29 is 14.3 Å². The Labute approximate surface area is 137 Å². The molecule has 0 bridgehead atoms. The molecule has 1 unspecified atom stereocenters.